The molecule has 0 N–H and O–H groups in total. The van der Waals surface area contributed by atoms with E-state index in [0.717, 1.165) is 18.0 Å². The van der Waals surface area contributed by atoms with Crippen LogP contribution >= 0.6 is 0 Å². The summed E-state index contributed by atoms with van der Waals surface area (Å²) < 4.78 is 7.99. The van der Waals surface area contributed by atoms with Gasteiger partial charge in [-0.1, -0.05) is 24.3 Å². The molecule has 3 aromatic rings. The maximum atomic E-state index is 6.09. The quantitative estimate of drug-likeness (QED) is 0.727. The molecule has 1 aliphatic rings. The van der Waals surface area contributed by atoms with E-state index in [0.29, 0.717) is 6.61 Å². The number of aryl methyl sites for hydroxylation is 1. The van der Waals surface area contributed by atoms with Gasteiger partial charge in [0.1, 0.15) is 12.4 Å². The Labute approximate surface area is 134 Å². The Morgan fingerprint density at radius 2 is 2.13 bits per heavy atom. The molecule has 1 aromatic carbocycles. The molecular weight excluding hydrogens is 290 g/mol. The lowest BCUT2D eigenvalue weighted by Crippen LogP contribution is -2.46. The Balaban J connectivity index is 1.70. The van der Waals surface area contributed by atoms with E-state index >= 15 is 0 Å². The van der Waals surface area contributed by atoms with E-state index in [1.165, 1.54) is 11.1 Å². The predicted molar refractivity (Wildman–Crippen MR) is 87.5 cm³/mol. The second-order valence-electron chi connectivity index (χ2n) is 5.99. The van der Waals surface area contributed by atoms with E-state index in [2.05, 4.69) is 58.2 Å². The fourth-order valence-corrected chi connectivity index (χ4v) is 3.14. The molecule has 1 saturated heterocycles. The third-order valence-corrected chi connectivity index (χ3v) is 4.44. The smallest absolute Gasteiger partial charge is 0.203 e. The molecule has 0 saturated carbocycles. The monoisotopic (exact) mass is 309 g/mol. The van der Waals surface area contributed by atoms with Gasteiger partial charge in [-0.15, -0.1) is 10.2 Å². The highest BCUT2D eigenvalue weighted by Gasteiger charge is 2.30. The molecule has 0 bridgehead atoms. The van der Waals surface area contributed by atoms with Crippen LogP contribution < -0.4 is 4.90 Å². The molecule has 0 amide bonds. The molecular formula is C17H19N5O. The highest BCUT2D eigenvalue weighted by molar-refractivity contribution is 5.64. The largest absolute Gasteiger partial charge is 0.370 e. The topological polar surface area (TPSA) is 55.6 Å². The number of hydrogen-bond acceptors (Lipinski definition) is 5. The van der Waals surface area contributed by atoms with Gasteiger partial charge in [-0.3, -0.25) is 4.40 Å². The zero-order chi connectivity index (χ0) is 15.8. The minimum atomic E-state index is 0.0392. The first-order valence-corrected chi connectivity index (χ1v) is 7.82. The van der Waals surface area contributed by atoms with Gasteiger partial charge in [0.15, 0.2) is 5.82 Å². The number of rotatable bonds is 2. The summed E-state index contributed by atoms with van der Waals surface area (Å²) in [5, 5.41) is 8.20. The first-order chi connectivity index (χ1) is 11.2. The highest BCUT2D eigenvalue weighted by Crippen LogP contribution is 2.30. The summed E-state index contributed by atoms with van der Waals surface area (Å²) >= 11 is 0. The molecule has 2 atom stereocenters. The maximum absolute atomic E-state index is 6.09. The van der Waals surface area contributed by atoms with Gasteiger partial charge < -0.3 is 9.64 Å². The third kappa shape index (κ3) is 2.45. The lowest BCUT2D eigenvalue weighted by atomic mass is 10.0. The first kappa shape index (κ1) is 14.1. The second kappa shape index (κ2) is 5.62. The van der Waals surface area contributed by atoms with Crippen molar-refractivity contribution in [2.45, 2.75) is 26.0 Å². The number of morpholine rings is 1. The summed E-state index contributed by atoms with van der Waals surface area (Å²) in [7, 11) is 0. The van der Waals surface area contributed by atoms with E-state index in [1.54, 1.807) is 12.5 Å². The zero-order valence-corrected chi connectivity index (χ0v) is 13.3. The van der Waals surface area contributed by atoms with Crippen LogP contribution in [0.5, 0.6) is 0 Å². The average Bonchev–Trinajstić information content (AvgIpc) is 3.05. The average molecular weight is 309 g/mol. The van der Waals surface area contributed by atoms with E-state index < -0.39 is 0 Å². The summed E-state index contributed by atoms with van der Waals surface area (Å²) in [6, 6.07) is 8.62. The Bertz CT molecular complexity index is 830. The Kier molecular flexibility index (Phi) is 3.46. The van der Waals surface area contributed by atoms with Gasteiger partial charge >= 0.3 is 0 Å². The molecule has 2 aromatic heterocycles. The van der Waals surface area contributed by atoms with E-state index in [-0.39, 0.29) is 12.1 Å². The Hall–Kier alpha value is -2.47. The van der Waals surface area contributed by atoms with Crippen molar-refractivity contribution in [2.75, 3.05) is 18.1 Å². The van der Waals surface area contributed by atoms with Crippen LogP contribution in [-0.2, 0) is 4.74 Å². The molecule has 4 rings (SSSR count). The molecule has 3 heterocycles. The summed E-state index contributed by atoms with van der Waals surface area (Å²) in [4.78, 5) is 6.82. The molecule has 6 nitrogen and oxygen atoms in total. The summed E-state index contributed by atoms with van der Waals surface area (Å²) in [5.41, 5.74) is 3.27. The SMILES string of the molecule is Cc1ccccc1[C@@H]1CN(c2nccn3cnnc23)[C@H](C)CO1. The van der Waals surface area contributed by atoms with Crippen LogP contribution in [0, 0.1) is 6.92 Å². The van der Waals surface area contributed by atoms with Crippen molar-refractivity contribution in [2.24, 2.45) is 0 Å². The van der Waals surface area contributed by atoms with E-state index in [1.807, 2.05) is 10.6 Å². The molecule has 0 radical (unpaired) electrons. The maximum Gasteiger partial charge on any atom is 0.203 e. The molecule has 0 unspecified atom stereocenters. The van der Waals surface area contributed by atoms with Crippen LogP contribution in [0.1, 0.15) is 24.2 Å². The number of anilines is 1. The number of aromatic nitrogens is 4. The van der Waals surface area contributed by atoms with Gasteiger partial charge in [-0.25, -0.2) is 4.98 Å². The molecule has 23 heavy (non-hydrogen) atoms. The van der Waals surface area contributed by atoms with Gasteiger partial charge in [-0.05, 0) is 25.0 Å². The van der Waals surface area contributed by atoms with Crippen LogP contribution in [0.2, 0.25) is 0 Å². The number of nitrogens with zero attached hydrogens (tertiary/aromatic N) is 5. The first-order valence-electron chi connectivity index (χ1n) is 7.82. The molecule has 118 valence electrons. The Morgan fingerprint density at radius 1 is 1.26 bits per heavy atom. The van der Waals surface area contributed by atoms with Crippen molar-refractivity contribution >= 4 is 11.5 Å². The molecule has 1 aliphatic heterocycles. The van der Waals surface area contributed by atoms with Crippen molar-refractivity contribution in [3.63, 3.8) is 0 Å². The highest BCUT2D eigenvalue weighted by atomic mass is 16.5. The molecule has 0 aliphatic carbocycles. The molecule has 1 fully saturated rings. The van der Waals surface area contributed by atoms with E-state index in [9.17, 15) is 0 Å². The van der Waals surface area contributed by atoms with Crippen molar-refractivity contribution in [3.05, 3.63) is 54.1 Å². The van der Waals surface area contributed by atoms with Crippen LogP contribution in [0.15, 0.2) is 43.0 Å². The molecule has 6 heteroatoms. The van der Waals surface area contributed by atoms with Crippen LogP contribution in [-0.4, -0.2) is 38.8 Å². The second-order valence-corrected chi connectivity index (χ2v) is 5.99. The summed E-state index contributed by atoms with van der Waals surface area (Å²) in [5.74, 6) is 0.861. The number of hydrogen-bond donors (Lipinski definition) is 0. The minimum Gasteiger partial charge on any atom is -0.370 e. The van der Waals surface area contributed by atoms with Crippen molar-refractivity contribution < 1.29 is 4.74 Å². The standard InChI is InChI=1S/C17H19N5O/c1-12-5-3-4-6-14(12)15-9-22(13(2)10-23-15)16-17-20-19-11-21(17)8-7-18-16/h3-8,11,13,15H,9-10H2,1-2H3/t13-,15+/m1/s1. The number of fused-ring (bicyclic) bond motifs is 1. The van der Waals surface area contributed by atoms with E-state index in [4.69, 9.17) is 4.74 Å². The number of ether oxygens (including phenoxy) is 1. The van der Waals surface area contributed by atoms with Crippen molar-refractivity contribution in [1.29, 1.82) is 0 Å². The zero-order valence-electron chi connectivity index (χ0n) is 13.3. The minimum absolute atomic E-state index is 0.0392. The summed E-state index contributed by atoms with van der Waals surface area (Å²) in [6.07, 6.45) is 5.39. The molecule has 0 spiro atoms. The lowest BCUT2D eigenvalue weighted by Gasteiger charge is -2.39. The predicted octanol–water partition coefficient (Wildman–Crippen LogP) is 2.40. The van der Waals surface area contributed by atoms with Gasteiger partial charge in [0.05, 0.1) is 19.2 Å². The van der Waals surface area contributed by atoms with Gasteiger partial charge in [0.2, 0.25) is 5.65 Å². The van der Waals surface area contributed by atoms with Crippen LogP contribution in [0.3, 0.4) is 0 Å². The third-order valence-electron chi connectivity index (χ3n) is 4.44. The van der Waals surface area contributed by atoms with Crippen molar-refractivity contribution in [1.82, 2.24) is 19.6 Å². The van der Waals surface area contributed by atoms with Gasteiger partial charge in [0, 0.05) is 12.4 Å². The van der Waals surface area contributed by atoms with Gasteiger partial charge in [-0.2, -0.15) is 0 Å². The fourth-order valence-electron chi connectivity index (χ4n) is 3.14. The normalized spacial score (nSPS) is 21.7. The number of benzene rings is 1. The Morgan fingerprint density at radius 3 is 3.00 bits per heavy atom. The van der Waals surface area contributed by atoms with Gasteiger partial charge in [0.25, 0.3) is 0 Å². The lowest BCUT2D eigenvalue weighted by molar-refractivity contribution is 0.0209. The van der Waals surface area contributed by atoms with Crippen LogP contribution in [0.4, 0.5) is 5.82 Å². The fraction of sp³-hybridized carbons (Fsp3) is 0.353. The summed E-state index contributed by atoms with van der Waals surface area (Å²) in [6.45, 7) is 5.69. The van der Waals surface area contributed by atoms with Crippen LogP contribution in [0.25, 0.3) is 5.65 Å². The van der Waals surface area contributed by atoms with Crippen molar-refractivity contribution in [3.8, 4) is 0 Å².